The molecule has 0 aliphatic heterocycles. The monoisotopic (exact) mass is 186 g/mol. The third-order valence-electron chi connectivity index (χ3n) is 2.58. The van der Waals surface area contributed by atoms with Gasteiger partial charge in [0.2, 0.25) is 6.71 Å². The molecule has 0 heterocycles. The minimum atomic E-state index is -0.807. The first kappa shape index (κ1) is 13.0. The fourth-order valence-corrected chi connectivity index (χ4v) is 1.39. The van der Waals surface area contributed by atoms with Gasteiger partial charge < -0.3 is 14.8 Å². The predicted molar refractivity (Wildman–Crippen MR) is 56.9 cm³/mol. The Kier molecular flexibility index (Phi) is 4.03. The lowest BCUT2D eigenvalue weighted by Crippen LogP contribution is -2.55. The van der Waals surface area contributed by atoms with Gasteiger partial charge in [-0.25, -0.2) is 0 Å². The van der Waals surface area contributed by atoms with Crippen molar-refractivity contribution in [3.05, 3.63) is 0 Å². The molecule has 5 heteroatoms. The normalized spacial score (nSPS) is 12.9. The maximum Gasteiger partial charge on any atom is 0.450 e. The standard InChI is InChI=1S/C8H20B2O3/c1-7(2,11)9(5)8(3,4)13-10(6)12/h11-12H,1-6H3. The predicted octanol–water partition coefficient (Wildman–Crippen LogP) is 0.866. The smallest absolute Gasteiger partial charge is 0.427 e. The summed E-state index contributed by atoms with van der Waals surface area (Å²) >= 11 is 0. The van der Waals surface area contributed by atoms with Crippen LogP contribution >= 0.6 is 0 Å². The van der Waals surface area contributed by atoms with E-state index in [1.54, 1.807) is 20.7 Å². The lowest BCUT2D eigenvalue weighted by atomic mass is 9.32. The lowest BCUT2D eigenvalue weighted by Gasteiger charge is -2.37. The second kappa shape index (κ2) is 4.03. The molecule has 0 aliphatic carbocycles. The van der Waals surface area contributed by atoms with Crippen LogP contribution in [-0.4, -0.2) is 35.0 Å². The summed E-state index contributed by atoms with van der Waals surface area (Å²) in [5.41, 5.74) is -1.34. The van der Waals surface area contributed by atoms with E-state index in [0.717, 1.165) is 0 Å². The van der Waals surface area contributed by atoms with Gasteiger partial charge in [-0.1, -0.05) is 6.82 Å². The molecule has 0 spiro atoms. The van der Waals surface area contributed by atoms with Crippen LogP contribution in [-0.2, 0) is 4.65 Å². The molecule has 0 atom stereocenters. The number of hydrogen-bond donors (Lipinski definition) is 2. The molecular formula is C8H20B2O3. The maximum absolute atomic E-state index is 9.77. The zero-order chi connectivity index (χ0) is 10.9. The lowest BCUT2D eigenvalue weighted by molar-refractivity contribution is 0.113. The Balaban J connectivity index is 4.45. The molecule has 0 unspecified atom stereocenters. The van der Waals surface area contributed by atoms with E-state index in [1.165, 1.54) is 0 Å². The number of rotatable bonds is 4. The van der Waals surface area contributed by atoms with E-state index in [2.05, 4.69) is 0 Å². The van der Waals surface area contributed by atoms with E-state index in [4.69, 9.17) is 9.68 Å². The summed E-state index contributed by atoms with van der Waals surface area (Å²) in [6.07, 6.45) is 0. The summed E-state index contributed by atoms with van der Waals surface area (Å²) in [6, 6.07) is 0. The average molecular weight is 186 g/mol. The van der Waals surface area contributed by atoms with Crippen LogP contribution in [0.5, 0.6) is 0 Å². The molecule has 0 saturated heterocycles. The van der Waals surface area contributed by atoms with Crippen molar-refractivity contribution in [1.82, 2.24) is 0 Å². The Morgan fingerprint density at radius 2 is 1.46 bits per heavy atom. The molecule has 0 saturated carbocycles. The van der Waals surface area contributed by atoms with Crippen molar-refractivity contribution < 1.29 is 14.8 Å². The topological polar surface area (TPSA) is 49.7 Å². The van der Waals surface area contributed by atoms with E-state index >= 15 is 0 Å². The van der Waals surface area contributed by atoms with E-state index in [0.29, 0.717) is 0 Å². The fraction of sp³-hybridized carbons (Fsp3) is 1.00. The molecule has 0 aromatic rings. The van der Waals surface area contributed by atoms with Crippen LogP contribution in [0.15, 0.2) is 0 Å². The zero-order valence-corrected chi connectivity index (χ0v) is 9.46. The molecule has 0 bridgehead atoms. The van der Waals surface area contributed by atoms with Crippen LogP contribution in [0.2, 0.25) is 13.6 Å². The second-order valence-corrected chi connectivity index (χ2v) is 4.70. The van der Waals surface area contributed by atoms with Crippen LogP contribution in [0.3, 0.4) is 0 Å². The average Bonchev–Trinajstić information content (AvgIpc) is 1.80. The minimum absolute atomic E-state index is 0.0606. The molecule has 0 aliphatic rings. The Labute approximate surface area is 81.7 Å². The van der Waals surface area contributed by atoms with Gasteiger partial charge in [-0.05, 0) is 34.5 Å². The molecule has 13 heavy (non-hydrogen) atoms. The number of aliphatic hydroxyl groups is 1. The van der Waals surface area contributed by atoms with Gasteiger partial charge in [-0.2, -0.15) is 0 Å². The van der Waals surface area contributed by atoms with Crippen LogP contribution in [0, 0.1) is 0 Å². The Hall–Kier alpha value is 0.00987. The highest BCUT2D eigenvalue weighted by molar-refractivity contribution is 6.64. The zero-order valence-electron chi connectivity index (χ0n) is 9.46. The summed E-state index contributed by atoms with van der Waals surface area (Å²) in [7, 11) is -0.806. The van der Waals surface area contributed by atoms with Gasteiger partial charge in [0.15, 0.2) is 0 Å². The molecule has 0 radical (unpaired) electrons. The Morgan fingerprint density at radius 3 is 1.69 bits per heavy atom. The number of hydrogen-bond acceptors (Lipinski definition) is 3. The Bertz CT molecular complexity index is 163. The third kappa shape index (κ3) is 4.16. The summed E-state index contributed by atoms with van der Waals surface area (Å²) in [4.78, 5) is 0. The second-order valence-electron chi connectivity index (χ2n) is 4.70. The van der Waals surface area contributed by atoms with Crippen molar-refractivity contribution in [1.29, 1.82) is 0 Å². The van der Waals surface area contributed by atoms with E-state index in [-0.39, 0.29) is 6.71 Å². The molecule has 2 N–H and O–H groups in total. The first-order valence-corrected chi connectivity index (χ1v) is 4.65. The SMILES string of the molecule is CB(O)OC(C)(C)B(C)C(C)(C)O. The first-order valence-electron chi connectivity index (χ1n) is 4.65. The van der Waals surface area contributed by atoms with Crippen LogP contribution in [0.25, 0.3) is 0 Å². The van der Waals surface area contributed by atoms with Crippen LogP contribution < -0.4 is 0 Å². The van der Waals surface area contributed by atoms with Crippen molar-refractivity contribution in [3.8, 4) is 0 Å². The highest BCUT2D eigenvalue weighted by Gasteiger charge is 2.41. The summed E-state index contributed by atoms with van der Waals surface area (Å²) in [5.74, 6) is 0. The van der Waals surface area contributed by atoms with Gasteiger partial charge in [-0.3, -0.25) is 0 Å². The molecule has 0 rings (SSSR count). The molecule has 76 valence electrons. The summed E-state index contributed by atoms with van der Waals surface area (Å²) < 4.78 is 5.32. The van der Waals surface area contributed by atoms with Crippen molar-refractivity contribution in [2.75, 3.05) is 0 Å². The van der Waals surface area contributed by atoms with Gasteiger partial charge in [0, 0.05) is 11.0 Å². The molecule has 0 amide bonds. The van der Waals surface area contributed by atoms with E-state index in [1.807, 2.05) is 20.7 Å². The van der Waals surface area contributed by atoms with E-state index in [9.17, 15) is 5.11 Å². The molecule has 3 nitrogen and oxygen atoms in total. The van der Waals surface area contributed by atoms with Crippen molar-refractivity contribution in [2.24, 2.45) is 0 Å². The van der Waals surface area contributed by atoms with Gasteiger partial charge in [0.1, 0.15) is 0 Å². The largest absolute Gasteiger partial charge is 0.450 e. The molecule has 0 aromatic heterocycles. The van der Waals surface area contributed by atoms with E-state index < -0.39 is 18.1 Å². The fourth-order valence-electron chi connectivity index (χ4n) is 1.39. The van der Waals surface area contributed by atoms with Gasteiger partial charge in [-0.15, -0.1) is 0 Å². The highest BCUT2D eigenvalue weighted by atomic mass is 16.5. The molecule has 0 fully saturated rings. The van der Waals surface area contributed by atoms with Crippen LogP contribution in [0.4, 0.5) is 0 Å². The minimum Gasteiger partial charge on any atom is -0.427 e. The summed E-state index contributed by atoms with van der Waals surface area (Å²) in [5, 5.41) is 18.9. The van der Waals surface area contributed by atoms with Gasteiger partial charge >= 0.3 is 7.12 Å². The van der Waals surface area contributed by atoms with Gasteiger partial charge in [0.25, 0.3) is 0 Å². The van der Waals surface area contributed by atoms with Crippen molar-refractivity contribution >= 4 is 13.8 Å². The van der Waals surface area contributed by atoms with Gasteiger partial charge in [0.05, 0.1) is 0 Å². The molecular weight excluding hydrogens is 166 g/mol. The third-order valence-corrected chi connectivity index (χ3v) is 2.58. The quantitative estimate of drug-likeness (QED) is 0.640. The highest BCUT2D eigenvalue weighted by Crippen LogP contribution is 2.22. The Morgan fingerprint density at radius 1 is 1.08 bits per heavy atom. The van der Waals surface area contributed by atoms with Crippen LogP contribution in [0.1, 0.15) is 27.7 Å². The first-order chi connectivity index (χ1) is 5.57. The summed E-state index contributed by atoms with van der Waals surface area (Å²) in [6.45, 7) is 10.6. The van der Waals surface area contributed by atoms with Crippen molar-refractivity contribution in [2.45, 2.75) is 52.3 Å². The molecule has 0 aromatic carbocycles. The van der Waals surface area contributed by atoms with Crippen molar-refractivity contribution in [3.63, 3.8) is 0 Å². The maximum atomic E-state index is 9.77.